The molecule has 0 amide bonds. The van der Waals surface area contributed by atoms with Crippen molar-refractivity contribution >= 4 is 22.7 Å². The Bertz CT molecular complexity index is 1230. The Morgan fingerprint density at radius 2 is 1.71 bits per heavy atom. The number of benzene rings is 1. The lowest BCUT2D eigenvalue weighted by molar-refractivity contribution is 0.855. The van der Waals surface area contributed by atoms with Crippen LogP contribution in [-0.4, -0.2) is 24.7 Å². The minimum Gasteiger partial charge on any atom is -0.307 e. The van der Waals surface area contributed by atoms with Crippen LogP contribution in [0.5, 0.6) is 0 Å². The SMILES string of the molecule is Cc1cc(C)nc(Nc2c(C#N)cnn2-c2cc(C)c3cccc(C)c3n2)n1. The highest BCUT2D eigenvalue weighted by Gasteiger charge is 2.16. The van der Waals surface area contributed by atoms with E-state index in [4.69, 9.17) is 4.98 Å². The Balaban J connectivity index is 1.88. The summed E-state index contributed by atoms with van der Waals surface area (Å²) in [5, 5.41) is 18.2. The summed E-state index contributed by atoms with van der Waals surface area (Å²) in [5.41, 5.74) is 5.17. The molecule has 0 radical (unpaired) electrons. The molecule has 3 heterocycles. The maximum atomic E-state index is 9.53. The first-order valence-electron chi connectivity index (χ1n) is 8.91. The second-order valence-electron chi connectivity index (χ2n) is 6.80. The van der Waals surface area contributed by atoms with Crippen molar-refractivity contribution in [1.29, 1.82) is 5.26 Å². The number of nitrogens with zero attached hydrogens (tertiary/aromatic N) is 6. The van der Waals surface area contributed by atoms with Gasteiger partial charge in [-0.25, -0.2) is 15.0 Å². The number of aromatic nitrogens is 5. The molecule has 4 rings (SSSR count). The zero-order chi connectivity index (χ0) is 19.8. The van der Waals surface area contributed by atoms with E-state index in [9.17, 15) is 5.26 Å². The van der Waals surface area contributed by atoms with Crippen LogP contribution in [0.2, 0.25) is 0 Å². The van der Waals surface area contributed by atoms with Crippen LogP contribution in [0, 0.1) is 39.0 Å². The van der Waals surface area contributed by atoms with Gasteiger partial charge >= 0.3 is 0 Å². The minimum absolute atomic E-state index is 0.395. The van der Waals surface area contributed by atoms with Gasteiger partial charge in [-0.3, -0.25) is 0 Å². The molecule has 0 fully saturated rings. The molecule has 3 aromatic heterocycles. The molecule has 0 aliphatic heterocycles. The molecule has 0 aliphatic rings. The van der Waals surface area contributed by atoms with Crippen molar-refractivity contribution in [3.8, 4) is 11.9 Å². The van der Waals surface area contributed by atoms with Crippen molar-refractivity contribution in [2.24, 2.45) is 0 Å². The molecule has 0 atom stereocenters. The summed E-state index contributed by atoms with van der Waals surface area (Å²) in [6.07, 6.45) is 1.52. The predicted octanol–water partition coefficient (Wildman–Crippen LogP) is 4.06. The van der Waals surface area contributed by atoms with Gasteiger partial charge in [0.2, 0.25) is 5.95 Å². The molecular formula is C21H19N7. The third-order valence-corrected chi connectivity index (χ3v) is 4.55. The van der Waals surface area contributed by atoms with E-state index in [0.29, 0.717) is 23.1 Å². The molecular weight excluding hydrogens is 350 g/mol. The number of nitrogens with one attached hydrogen (secondary N) is 1. The highest BCUT2D eigenvalue weighted by molar-refractivity contribution is 5.85. The van der Waals surface area contributed by atoms with Gasteiger partial charge in [-0.2, -0.15) is 15.0 Å². The summed E-state index contributed by atoms with van der Waals surface area (Å²) < 4.78 is 1.62. The fourth-order valence-electron chi connectivity index (χ4n) is 3.26. The van der Waals surface area contributed by atoms with Gasteiger partial charge in [-0.15, -0.1) is 0 Å². The normalized spacial score (nSPS) is 10.8. The third-order valence-electron chi connectivity index (χ3n) is 4.55. The predicted molar refractivity (Wildman–Crippen MR) is 108 cm³/mol. The van der Waals surface area contributed by atoms with Crippen LogP contribution >= 0.6 is 0 Å². The van der Waals surface area contributed by atoms with Gasteiger partial charge in [-0.1, -0.05) is 18.2 Å². The molecule has 1 aromatic carbocycles. The molecule has 138 valence electrons. The van der Waals surface area contributed by atoms with Crippen LogP contribution < -0.4 is 5.32 Å². The van der Waals surface area contributed by atoms with E-state index in [1.165, 1.54) is 6.20 Å². The van der Waals surface area contributed by atoms with Crippen molar-refractivity contribution in [2.45, 2.75) is 27.7 Å². The lowest BCUT2D eigenvalue weighted by Gasteiger charge is -2.12. The Labute approximate surface area is 162 Å². The standard InChI is InChI=1S/C21H19N7/c1-12-6-5-7-17-13(2)8-18(26-19(12)17)28-20(16(10-22)11-23-28)27-21-24-14(3)9-15(4)25-21/h5-9,11H,1-4H3,(H,24,25,27). The van der Waals surface area contributed by atoms with Gasteiger partial charge in [0.1, 0.15) is 11.6 Å². The molecule has 4 aromatic rings. The Kier molecular flexibility index (Phi) is 4.24. The van der Waals surface area contributed by atoms with Crippen LogP contribution in [-0.2, 0) is 0 Å². The molecule has 0 unspecified atom stereocenters. The summed E-state index contributed by atoms with van der Waals surface area (Å²) in [6.45, 7) is 7.88. The number of pyridine rings is 1. The van der Waals surface area contributed by atoms with Crippen molar-refractivity contribution in [3.63, 3.8) is 0 Å². The van der Waals surface area contributed by atoms with E-state index >= 15 is 0 Å². The van der Waals surface area contributed by atoms with Gasteiger partial charge < -0.3 is 5.32 Å². The average molecular weight is 369 g/mol. The number of nitriles is 1. The number of aryl methyl sites for hydroxylation is 4. The summed E-state index contributed by atoms with van der Waals surface area (Å²) in [5.74, 6) is 1.55. The number of para-hydroxylation sites is 1. The number of fused-ring (bicyclic) bond motifs is 1. The molecule has 0 saturated carbocycles. The smallest absolute Gasteiger partial charge is 0.228 e. The van der Waals surface area contributed by atoms with Crippen LogP contribution in [0.15, 0.2) is 36.5 Å². The van der Waals surface area contributed by atoms with Crippen LogP contribution in [0.25, 0.3) is 16.7 Å². The quantitative estimate of drug-likeness (QED) is 0.585. The summed E-state index contributed by atoms with van der Waals surface area (Å²) in [7, 11) is 0. The van der Waals surface area contributed by atoms with E-state index in [2.05, 4.69) is 32.5 Å². The third kappa shape index (κ3) is 3.05. The average Bonchev–Trinajstić information content (AvgIpc) is 3.04. The second-order valence-corrected chi connectivity index (χ2v) is 6.80. The maximum absolute atomic E-state index is 9.53. The number of hydrogen-bond acceptors (Lipinski definition) is 6. The fourth-order valence-corrected chi connectivity index (χ4v) is 3.26. The van der Waals surface area contributed by atoms with Crippen LogP contribution in [0.4, 0.5) is 11.8 Å². The number of rotatable bonds is 3. The molecule has 7 nitrogen and oxygen atoms in total. The molecule has 0 saturated heterocycles. The second kappa shape index (κ2) is 6.74. The van der Waals surface area contributed by atoms with Crippen molar-refractivity contribution in [2.75, 3.05) is 5.32 Å². The molecule has 28 heavy (non-hydrogen) atoms. The zero-order valence-electron chi connectivity index (χ0n) is 16.1. The molecule has 7 heteroatoms. The monoisotopic (exact) mass is 369 g/mol. The van der Waals surface area contributed by atoms with Crippen molar-refractivity contribution < 1.29 is 0 Å². The van der Waals surface area contributed by atoms with E-state index in [1.807, 2.05) is 52.0 Å². The summed E-state index contributed by atoms with van der Waals surface area (Å²) >= 11 is 0. The van der Waals surface area contributed by atoms with Gasteiger partial charge in [0.25, 0.3) is 0 Å². The topological polar surface area (TPSA) is 92.3 Å². The van der Waals surface area contributed by atoms with E-state index in [1.54, 1.807) is 4.68 Å². The van der Waals surface area contributed by atoms with Crippen molar-refractivity contribution in [1.82, 2.24) is 24.7 Å². The Morgan fingerprint density at radius 1 is 0.964 bits per heavy atom. The van der Waals surface area contributed by atoms with E-state index < -0.39 is 0 Å². The summed E-state index contributed by atoms with van der Waals surface area (Å²) in [4.78, 5) is 13.6. The van der Waals surface area contributed by atoms with E-state index in [0.717, 1.165) is 33.4 Å². The summed E-state index contributed by atoms with van der Waals surface area (Å²) in [6, 6.07) is 12.1. The van der Waals surface area contributed by atoms with Crippen molar-refractivity contribution in [3.05, 3.63) is 64.6 Å². The molecule has 1 N–H and O–H groups in total. The first kappa shape index (κ1) is 17.6. The van der Waals surface area contributed by atoms with Gasteiger partial charge in [0.05, 0.1) is 11.7 Å². The van der Waals surface area contributed by atoms with Crippen LogP contribution in [0.1, 0.15) is 28.1 Å². The fraction of sp³-hybridized carbons (Fsp3) is 0.190. The first-order chi connectivity index (χ1) is 13.5. The maximum Gasteiger partial charge on any atom is 0.228 e. The van der Waals surface area contributed by atoms with Gasteiger partial charge in [-0.05, 0) is 51.0 Å². The Morgan fingerprint density at radius 3 is 2.43 bits per heavy atom. The first-order valence-corrected chi connectivity index (χ1v) is 8.91. The lowest BCUT2D eigenvalue weighted by Crippen LogP contribution is -2.08. The van der Waals surface area contributed by atoms with Gasteiger partial charge in [0.15, 0.2) is 11.6 Å². The minimum atomic E-state index is 0.395. The van der Waals surface area contributed by atoms with E-state index in [-0.39, 0.29) is 0 Å². The number of anilines is 2. The molecule has 0 aliphatic carbocycles. The van der Waals surface area contributed by atoms with Gasteiger partial charge in [0, 0.05) is 16.8 Å². The van der Waals surface area contributed by atoms with Crippen LogP contribution in [0.3, 0.4) is 0 Å². The number of hydrogen-bond donors (Lipinski definition) is 1. The highest BCUT2D eigenvalue weighted by Crippen LogP contribution is 2.26. The Hall–Kier alpha value is -3.79. The highest BCUT2D eigenvalue weighted by atomic mass is 15.4. The lowest BCUT2D eigenvalue weighted by atomic mass is 10.1. The molecule has 0 spiro atoms. The molecule has 0 bridgehead atoms. The zero-order valence-corrected chi connectivity index (χ0v) is 16.1. The largest absolute Gasteiger partial charge is 0.307 e.